The van der Waals surface area contributed by atoms with E-state index in [9.17, 15) is 4.79 Å². The molecule has 0 saturated carbocycles. The lowest BCUT2D eigenvalue weighted by Crippen LogP contribution is -2.10. The predicted octanol–water partition coefficient (Wildman–Crippen LogP) is 2.28. The number of amides is 1. The van der Waals surface area contributed by atoms with Crippen LogP contribution in [0, 0.1) is 6.92 Å². The molecule has 1 amide bonds. The Morgan fingerprint density at radius 1 is 1.50 bits per heavy atom. The molecular weight excluding hydrogens is 216 g/mol. The summed E-state index contributed by atoms with van der Waals surface area (Å²) in [4.78, 5) is 16.3. The fraction of sp³-hybridized carbons (Fsp3) is 0.111. The molecule has 0 atom stereocenters. The molecule has 5 heteroatoms. The lowest BCUT2D eigenvalue weighted by Gasteiger charge is -1.94. The van der Waals surface area contributed by atoms with E-state index >= 15 is 0 Å². The van der Waals surface area contributed by atoms with Crippen molar-refractivity contribution in [2.75, 3.05) is 0 Å². The van der Waals surface area contributed by atoms with Crippen LogP contribution in [0.4, 0.5) is 0 Å². The third-order valence-electron chi connectivity index (χ3n) is 1.74. The largest absolute Gasteiger partial charge is 0.366 e. The third-order valence-corrected chi connectivity index (χ3v) is 3.77. The molecule has 0 spiro atoms. The summed E-state index contributed by atoms with van der Waals surface area (Å²) < 4.78 is 0. The zero-order chi connectivity index (χ0) is 10.1. The van der Waals surface area contributed by atoms with Gasteiger partial charge in [0, 0.05) is 11.1 Å². The second kappa shape index (κ2) is 3.51. The molecule has 0 aliphatic heterocycles. The first-order valence-electron chi connectivity index (χ1n) is 3.98. The number of hydrogen-bond donors (Lipinski definition) is 1. The highest BCUT2D eigenvalue weighted by Gasteiger charge is 2.13. The number of nitrogens with two attached hydrogens (primary N) is 1. The number of carbonyl (C=O) groups is 1. The minimum Gasteiger partial charge on any atom is -0.366 e. The average molecular weight is 224 g/mol. The van der Waals surface area contributed by atoms with Gasteiger partial charge in [0.25, 0.3) is 0 Å². The van der Waals surface area contributed by atoms with E-state index < -0.39 is 5.91 Å². The molecule has 0 unspecified atom stereocenters. The first-order valence-corrected chi connectivity index (χ1v) is 5.74. The molecule has 0 aliphatic rings. The summed E-state index contributed by atoms with van der Waals surface area (Å²) in [6.07, 6.45) is 0. The zero-order valence-electron chi connectivity index (χ0n) is 7.48. The maximum absolute atomic E-state index is 11.1. The Balaban J connectivity index is 2.51. The first-order chi connectivity index (χ1) is 6.68. The molecular formula is C9H8N2OS2. The van der Waals surface area contributed by atoms with Crippen molar-refractivity contribution in [1.82, 2.24) is 4.98 Å². The molecule has 2 rings (SSSR count). The van der Waals surface area contributed by atoms with Gasteiger partial charge in [0.1, 0.15) is 5.01 Å². The van der Waals surface area contributed by atoms with E-state index in [0.717, 1.165) is 15.6 Å². The number of aromatic nitrogens is 1. The molecule has 14 heavy (non-hydrogen) atoms. The van der Waals surface area contributed by atoms with Crippen LogP contribution in [0.3, 0.4) is 0 Å². The van der Waals surface area contributed by atoms with Gasteiger partial charge in [-0.15, -0.1) is 22.7 Å². The highest BCUT2D eigenvalue weighted by atomic mass is 32.1. The summed E-state index contributed by atoms with van der Waals surface area (Å²) in [6.45, 7) is 1.93. The van der Waals surface area contributed by atoms with Crippen molar-refractivity contribution in [2.24, 2.45) is 5.73 Å². The highest BCUT2D eigenvalue weighted by Crippen LogP contribution is 2.31. The van der Waals surface area contributed by atoms with Crippen molar-refractivity contribution in [2.45, 2.75) is 6.92 Å². The van der Waals surface area contributed by atoms with Gasteiger partial charge in [-0.25, -0.2) is 4.98 Å². The lowest BCUT2D eigenvalue weighted by atomic mass is 10.2. The van der Waals surface area contributed by atoms with Gasteiger partial charge in [-0.3, -0.25) is 4.79 Å². The van der Waals surface area contributed by atoms with Gasteiger partial charge in [-0.1, -0.05) is 0 Å². The van der Waals surface area contributed by atoms with E-state index in [1.807, 2.05) is 17.7 Å². The van der Waals surface area contributed by atoms with Gasteiger partial charge in [0.15, 0.2) is 0 Å². The van der Waals surface area contributed by atoms with Gasteiger partial charge < -0.3 is 5.73 Å². The standard InChI is InChI=1S/C9H8N2OS2/c1-5-4-14-9(11-5)7-6(8(10)12)2-3-13-7/h2-4H,1H3,(H2,10,12). The van der Waals surface area contributed by atoms with E-state index in [4.69, 9.17) is 5.73 Å². The third kappa shape index (κ3) is 1.56. The Hall–Kier alpha value is -1.20. The van der Waals surface area contributed by atoms with Crippen LogP contribution >= 0.6 is 22.7 Å². The quantitative estimate of drug-likeness (QED) is 0.850. The number of rotatable bonds is 2. The minimum atomic E-state index is -0.394. The maximum Gasteiger partial charge on any atom is 0.250 e. The summed E-state index contributed by atoms with van der Waals surface area (Å²) in [6, 6.07) is 1.74. The van der Waals surface area contributed by atoms with Gasteiger partial charge in [0.05, 0.1) is 10.4 Å². The number of aryl methyl sites for hydroxylation is 1. The summed E-state index contributed by atoms with van der Waals surface area (Å²) in [5.41, 5.74) is 6.77. The van der Waals surface area contributed by atoms with Gasteiger partial charge in [0.2, 0.25) is 5.91 Å². The molecule has 0 saturated heterocycles. The first kappa shape index (κ1) is 9.36. The van der Waals surface area contributed by atoms with Crippen molar-refractivity contribution < 1.29 is 4.79 Å². The Kier molecular flexibility index (Phi) is 2.35. The second-order valence-corrected chi connectivity index (χ2v) is 4.60. The normalized spacial score (nSPS) is 10.4. The molecule has 0 aliphatic carbocycles. The molecule has 2 aromatic rings. The van der Waals surface area contributed by atoms with Crippen LogP contribution in [0.15, 0.2) is 16.8 Å². The van der Waals surface area contributed by atoms with Crippen molar-refractivity contribution in [3.8, 4) is 9.88 Å². The van der Waals surface area contributed by atoms with Crippen LogP contribution in [0.2, 0.25) is 0 Å². The monoisotopic (exact) mass is 224 g/mol. The Morgan fingerprint density at radius 3 is 2.86 bits per heavy atom. The van der Waals surface area contributed by atoms with E-state index in [1.54, 1.807) is 6.07 Å². The van der Waals surface area contributed by atoms with E-state index in [1.165, 1.54) is 22.7 Å². The number of hydrogen-bond acceptors (Lipinski definition) is 4. The van der Waals surface area contributed by atoms with Crippen LogP contribution in [0.1, 0.15) is 16.1 Å². The van der Waals surface area contributed by atoms with Crippen LogP contribution in [-0.2, 0) is 0 Å². The van der Waals surface area contributed by atoms with Crippen LogP contribution in [0.25, 0.3) is 9.88 Å². The van der Waals surface area contributed by atoms with Crippen molar-refractivity contribution in [1.29, 1.82) is 0 Å². The van der Waals surface area contributed by atoms with Gasteiger partial charge in [-0.2, -0.15) is 0 Å². The number of primary amides is 1. The summed E-state index contributed by atoms with van der Waals surface area (Å²) in [7, 11) is 0. The maximum atomic E-state index is 11.1. The zero-order valence-corrected chi connectivity index (χ0v) is 9.11. The molecule has 2 aromatic heterocycles. The summed E-state index contributed by atoms with van der Waals surface area (Å²) >= 11 is 3.02. The van der Waals surface area contributed by atoms with Crippen molar-refractivity contribution in [3.05, 3.63) is 28.1 Å². The SMILES string of the molecule is Cc1csc(-c2sccc2C(N)=O)n1. The van der Waals surface area contributed by atoms with Gasteiger partial charge >= 0.3 is 0 Å². The van der Waals surface area contributed by atoms with Gasteiger partial charge in [-0.05, 0) is 18.4 Å². The van der Waals surface area contributed by atoms with Crippen LogP contribution in [0.5, 0.6) is 0 Å². The van der Waals surface area contributed by atoms with Crippen molar-refractivity contribution in [3.63, 3.8) is 0 Å². The Labute approximate surface area is 89.2 Å². The minimum absolute atomic E-state index is 0.394. The van der Waals surface area contributed by atoms with Crippen LogP contribution < -0.4 is 5.73 Å². The van der Waals surface area contributed by atoms with Crippen molar-refractivity contribution >= 4 is 28.6 Å². The fourth-order valence-corrected chi connectivity index (χ4v) is 2.95. The molecule has 0 radical (unpaired) electrons. The molecule has 0 aromatic carbocycles. The van der Waals surface area contributed by atoms with E-state index in [2.05, 4.69) is 4.98 Å². The molecule has 2 N–H and O–H groups in total. The Morgan fingerprint density at radius 2 is 2.29 bits per heavy atom. The highest BCUT2D eigenvalue weighted by molar-refractivity contribution is 7.20. The van der Waals surface area contributed by atoms with E-state index in [-0.39, 0.29) is 0 Å². The molecule has 72 valence electrons. The number of thiazole rings is 1. The molecule has 3 nitrogen and oxygen atoms in total. The smallest absolute Gasteiger partial charge is 0.250 e. The van der Waals surface area contributed by atoms with Crippen LogP contribution in [-0.4, -0.2) is 10.9 Å². The average Bonchev–Trinajstić information content (AvgIpc) is 2.70. The topological polar surface area (TPSA) is 56.0 Å². The fourth-order valence-electron chi connectivity index (χ4n) is 1.13. The number of nitrogens with zero attached hydrogens (tertiary/aromatic N) is 1. The molecule has 0 fully saturated rings. The lowest BCUT2D eigenvalue weighted by molar-refractivity contribution is 0.100. The number of carbonyl (C=O) groups excluding carboxylic acids is 1. The second-order valence-electron chi connectivity index (χ2n) is 2.82. The molecule has 2 heterocycles. The number of thiophene rings is 1. The summed E-state index contributed by atoms with van der Waals surface area (Å²) in [5.74, 6) is -0.394. The predicted molar refractivity (Wildman–Crippen MR) is 58.7 cm³/mol. The van der Waals surface area contributed by atoms with E-state index in [0.29, 0.717) is 5.56 Å². The Bertz CT molecular complexity index is 473. The molecule has 0 bridgehead atoms. The summed E-state index contributed by atoms with van der Waals surface area (Å²) in [5, 5.41) is 4.68.